The first kappa shape index (κ1) is 15.8. The highest BCUT2D eigenvalue weighted by molar-refractivity contribution is 5.83. The highest BCUT2D eigenvalue weighted by Gasteiger charge is 2.80. The zero-order chi connectivity index (χ0) is 18.3. The Bertz CT molecular complexity index is 841. The third kappa shape index (κ3) is 1.58. The molecule has 0 aromatic carbocycles. The molecule has 1 saturated heterocycles. The van der Waals surface area contributed by atoms with Crippen LogP contribution in [0.15, 0.2) is 11.1 Å². The fourth-order valence-electron chi connectivity index (χ4n) is 9.66. The molecule has 0 amide bonds. The zero-order valence-electron chi connectivity index (χ0n) is 16.6. The monoisotopic (exact) mass is 366 g/mol. The maximum absolute atomic E-state index is 12.2. The number of hydrogen-bond donors (Lipinski definition) is 0. The minimum absolute atomic E-state index is 0.0559. The summed E-state index contributed by atoms with van der Waals surface area (Å²) in [5, 5.41) is 0. The van der Waals surface area contributed by atoms with Crippen molar-refractivity contribution in [2.45, 2.75) is 77.2 Å². The largest absolute Gasteiger partial charge is 0.458 e. The normalized spacial score (nSPS) is 59.6. The van der Waals surface area contributed by atoms with Crippen LogP contribution in [0.4, 0.5) is 0 Å². The number of hydrogen-bond acceptors (Lipinski definition) is 3. The predicted octanol–water partition coefficient (Wildman–Crippen LogP) is 4.45. The van der Waals surface area contributed by atoms with Crippen molar-refractivity contribution >= 4 is 11.8 Å². The lowest BCUT2D eigenvalue weighted by molar-refractivity contribution is -0.176. The summed E-state index contributed by atoms with van der Waals surface area (Å²) in [6.45, 7) is 4.99. The van der Waals surface area contributed by atoms with Gasteiger partial charge in [-0.3, -0.25) is 9.59 Å². The number of ketones is 1. The molecule has 0 radical (unpaired) electrons. The number of carbonyl (C=O) groups is 2. The first-order chi connectivity index (χ1) is 12.9. The number of Topliss-reactive ketones (excluding diaryl/α,β-unsaturated/α-hetero) is 1. The van der Waals surface area contributed by atoms with Crippen molar-refractivity contribution in [3.05, 3.63) is 11.1 Å². The third-order valence-corrected chi connectivity index (χ3v) is 10.8. The van der Waals surface area contributed by atoms with Gasteiger partial charge in [0, 0.05) is 30.6 Å². The van der Waals surface area contributed by atoms with E-state index in [0.717, 1.165) is 55.3 Å². The maximum atomic E-state index is 12.2. The SMILES string of the molecule is C[C@]12CCC(=O)CC1=C1C[C@@H]1C1C2CC[C@@]2(C)C1[C@@H]1C[C@@H]1C21CCC(=O)O1. The molecule has 1 spiro atoms. The first-order valence-corrected chi connectivity index (χ1v) is 11.3. The van der Waals surface area contributed by atoms with Crippen LogP contribution in [-0.4, -0.2) is 17.4 Å². The van der Waals surface area contributed by atoms with Gasteiger partial charge in [0.25, 0.3) is 0 Å². The van der Waals surface area contributed by atoms with Gasteiger partial charge in [-0.25, -0.2) is 0 Å². The van der Waals surface area contributed by atoms with Gasteiger partial charge in [0.1, 0.15) is 11.4 Å². The minimum atomic E-state index is -0.132. The Kier molecular flexibility index (Phi) is 2.56. The number of allylic oxidation sites excluding steroid dienone is 2. The number of esters is 1. The van der Waals surface area contributed by atoms with Crippen LogP contribution in [0.1, 0.15) is 71.6 Å². The molecular weight excluding hydrogens is 336 g/mol. The smallest absolute Gasteiger partial charge is 0.306 e. The molecule has 7 rings (SSSR count). The molecular formula is C24H30O3. The Morgan fingerprint density at radius 3 is 2.67 bits per heavy atom. The molecule has 0 aromatic rings. The fraction of sp³-hybridized carbons (Fsp3) is 0.833. The lowest BCUT2D eigenvalue weighted by Gasteiger charge is -2.59. The van der Waals surface area contributed by atoms with Gasteiger partial charge in [-0.2, -0.15) is 0 Å². The molecule has 4 unspecified atom stereocenters. The van der Waals surface area contributed by atoms with E-state index in [-0.39, 0.29) is 22.4 Å². The lowest BCUT2D eigenvalue weighted by atomic mass is 9.45. The van der Waals surface area contributed by atoms with Crippen molar-refractivity contribution in [3.63, 3.8) is 0 Å². The van der Waals surface area contributed by atoms with Gasteiger partial charge in [-0.15, -0.1) is 0 Å². The quantitative estimate of drug-likeness (QED) is 0.470. The van der Waals surface area contributed by atoms with Crippen LogP contribution in [0.2, 0.25) is 0 Å². The number of carbonyl (C=O) groups excluding carboxylic acids is 2. The molecule has 144 valence electrons. The number of fused-ring (bicyclic) bond motifs is 11. The average molecular weight is 367 g/mol. The summed E-state index contributed by atoms with van der Waals surface area (Å²) in [7, 11) is 0. The molecule has 0 bridgehead atoms. The topological polar surface area (TPSA) is 43.4 Å². The van der Waals surface area contributed by atoms with Gasteiger partial charge < -0.3 is 4.74 Å². The van der Waals surface area contributed by atoms with Gasteiger partial charge in [0.15, 0.2) is 0 Å². The predicted molar refractivity (Wildman–Crippen MR) is 99.6 cm³/mol. The van der Waals surface area contributed by atoms with E-state index in [1.807, 2.05) is 0 Å². The fourth-order valence-corrected chi connectivity index (χ4v) is 9.66. The summed E-state index contributed by atoms with van der Waals surface area (Å²) < 4.78 is 6.22. The van der Waals surface area contributed by atoms with Gasteiger partial charge >= 0.3 is 5.97 Å². The molecule has 6 fully saturated rings. The molecule has 0 N–H and O–H groups in total. The van der Waals surface area contributed by atoms with Crippen LogP contribution in [0, 0.1) is 46.3 Å². The first-order valence-electron chi connectivity index (χ1n) is 11.3. The molecule has 1 heterocycles. The molecule has 0 aromatic heterocycles. The highest BCUT2D eigenvalue weighted by Crippen LogP contribution is 2.81. The van der Waals surface area contributed by atoms with Gasteiger partial charge in [-0.05, 0) is 73.5 Å². The highest BCUT2D eigenvalue weighted by atomic mass is 16.6. The van der Waals surface area contributed by atoms with Gasteiger partial charge in [0.2, 0.25) is 0 Å². The standard InChI is InChI=1S/C24H30O3/c1-22-6-3-12(25)9-17(22)13-10-14(13)20-16(22)4-7-23(2)21(20)15-11-18(15)24(23)8-5-19(26)27-24/h14-16,18,20-21H,3-11H2,1-2H3/t14-,15+,16?,18-,20?,21?,22+,23-,24?/m0/s1. The van der Waals surface area contributed by atoms with Gasteiger partial charge in [0.05, 0.1) is 0 Å². The molecule has 9 atom stereocenters. The Balaban J connectivity index is 1.34. The minimum Gasteiger partial charge on any atom is -0.458 e. The molecule has 1 aliphatic heterocycles. The summed E-state index contributed by atoms with van der Waals surface area (Å²) in [6, 6.07) is 0. The summed E-state index contributed by atoms with van der Waals surface area (Å²) in [6.07, 6.45) is 9.28. The van der Waals surface area contributed by atoms with E-state index >= 15 is 0 Å². The van der Waals surface area contributed by atoms with E-state index in [1.54, 1.807) is 11.1 Å². The van der Waals surface area contributed by atoms with Crippen molar-refractivity contribution in [2.75, 3.05) is 0 Å². The second-order valence-electron chi connectivity index (χ2n) is 11.5. The van der Waals surface area contributed by atoms with E-state index in [9.17, 15) is 9.59 Å². The Hall–Kier alpha value is -1.12. The Morgan fingerprint density at radius 2 is 1.89 bits per heavy atom. The van der Waals surface area contributed by atoms with Crippen LogP contribution in [0.25, 0.3) is 0 Å². The van der Waals surface area contributed by atoms with E-state index in [4.69, 9.17) is 4.74 Å². The number of rotatable bonds is 0. The average Bonchev–Trinajstić information content (AvgIpc) is 3.53. The molecule has 3 nitrogen and oxygen atoms in total. The van der Waals surface area contributed by atoms with Crippen LogP contribution in [0.3, 0.4) is 0 Å². The maximum Gasteiger partial charge on any atom is 0.306 e. The lowest BCUT2D eigenvalue weighted by Crippen LogP contribution is -2.57. The van der Waals surface area contributed by atoms with Crippen LogP contribution < -0.4 is 0 Å². The molecule has 27 heavy (non-hydrogen) atoms. The second-order valence-corrected chi connectivity index (χ2v) is 11.5. The van der Waals surface area contributed by atoms with E-state index < -0.39 is 0 Å². The van der Waals surface area contributed by atoms with Crippen molar-refractivity contribution in [2.24, 2.45) is 46.3 Å². The van der Waals surface area contributed by atoms with E-state index in [1.165, 1.54) is 25.7 Å². The Labute approximate surface area is 161 Å². The zero-order valence-corrected chi connectivity index (χ0v) is 16.6. The second kappa shape index (κ2) is 4.39. The number of ether oxygens (including phenoxy) is 1. The molecule has 7 aliphatic rings. The van der Waals surface area contributed by atoms with Crippen LogP contribution in [0.5, 0.6) is 0 Å². The van der Waals surface area contributed by atoms with Crippen molar-refractivity contribution in [1.29, 1.82) is 0 Å². The summed E-state index contributed by atoms with van der Waals surface area (Å²) >= 11 is 0. The van der Waals surface area contributed by atoms with Gasteiger partial charge in [-0.1, -0.05) is 25.0 Å². The van der Waals surface area contributed by atoms with Crippen molar-refractivity contribution in [1.82, 2.24) is 0 Å². The summed E-state index contributed by atoms with van der Waals surface area (Å²) in [5.41, 5.74) is 3.58. The van der Waals surface area contributed by atoms with Crippen molar-refractivity contribution < 1.29 is 14.3 Å². The molecule has 5 saturated carbocycles. The summed E-state index contributed by atoms with van der Waals surface area (Å²) in [4.78, 5) is 24.3. The van der Waals surface area contributed by atoms with Crippen LogP contribution in [-0.2, 0) is 14.3 Å². The van der Waals surface area contributed by atoms with E-state index in [0.29, 0.717) is 18.1 Å². The summed E-state index contributed by atoms with van der Waals surface area (Å²) in [5.74, 6) is 5.00. The van der Waals surface area contributed by atoms with Crippen LogP contribution >= 0.6 is 0 Å². The molecule has 3 heteroatoms. The molecule has 6 aliphatic carbocycles. The third-order valence-electron chi connectivity index (χ3n) is 10.8. The van der Waals surface area contributed by atoms with Crippen molar-refractivity contribution in [3.8, 4) is 0 Å². The Morgan fingerprint density at radius 1 is 1.04 bits per heavy atom. The van der Waals surface area contributed by atoms with E-state index in [2.05, 4.69) is 13.8 Å².